The quantitative estimate of drug-likeness (QED) is 0.877. The minimum absolute atomic E-state index is 0.0624. The lowest BCUT2D eigenvalue weighted by atomic mass is 10.3. The first-order valence-electron chi connectivity index (χ1n) is 5.40. The number of carbonyl (C=O) groups is 1. The Hall–Kier alpha value is -0.810. The molecule has 1 aromatic rings. The number of carbonyl (C=O) groups excluding carboxylic acids is 1. The SMILES string of the molecule is CCCNC(=O)C(C)Nc1ncc(Br)cc1Cl. The third-order valence-electron chi connectivity index (χ3n) is 2.10. The Bertz CT molecular complexity index is 400. The van der Waals surface area contributed by atoms with Crippen molar-refractivity contribution in [3.05, 3.63) is 21.8 Å². The van der Waals surface area contributed by atoms with E-state index in [-0.39, 0.29) is 11.9 Å². The summed E-state index contributed by atoms with van der Waals surface area (Å²) in [4.78, 5) is 15.7. The van der Waals surface area contributed by atoms with Crippen molar-refractivity contribution in [1.29, 1.82) is 0 Å². The summed E-state index contributed by atoms with van der Waals surface area (Å²) in [5.74, 6) is 0.446. The van der Waals surface area contributed by atoms with Crippen LogP contribution in [0.5, 0.6) is 0 Å². The molecular formula is C11H15BrClN3O. The van der Waals surface area contributed by atoms with E-state index in [9.17, 15) is 4.79 Å². The molecule has 0 aromatic carbocycles. The topological polar surface area (TPSA) is 54.0 Å². The first-order valence-corrected chi connectivity index (χ1v) is 6.57. The number of halogens is 2. The van der Waals surface area contributed by atoms with Crippen LogP contribution in [0.4, 0.5) is 5.82 Å². The second-order valence-corrected chi connectivity index (χ2v) is 4.96. The lowest BCUT2D eigenvalue weighted by Crippen LogP contribution is -2.38. The molecule has 0 spiro atoms. The van der Waals surface area contributed by atoms with Crippen LogP contribution in [-0.2, 0) is 4.79 Å². The van der Waals surface area contributed by atoms with Gasteiger partial charge in [-0.05, 0) is 35.3 Å². The van der Waals surface area contributed by atoms with E-state index >= 15 is 0 Å². The van der Waals surface area contributed by atoms with Gasteiger partial charge in [0, 0.05) is 17.2 Å². The second-order valence-electron chi connectivity index (χ2n) is 3.64. The molecule has 0 radical (unpaired) electrons. The summed E-state index contributed by atoms with van der Waals surface area (Å²) < 4.78 is 0.802. The van der Waals surface area contributed by atoms with Gasteiger partial charge in [0.15, 0.2) is 0 Å². The molecule has 0 bridgehead atoms. The zero-order chi connectivity index (χ0) is 12.8. The molecule has 0 aliphatic heterocycles. The molecule has 94 valence electrons. The van der Waals surface area contributed by atoms with Gasteiger partial charge in [0.1, 0.15) is 11.9 Å². The number of rotatable bonds is 5. The van der Waals surface area contributed by atoms with Gasteiger partial charge in [-0.1, -0.05) is 18.5 Å². The van der Waals surface area contributed by atoms with Crippen molar-refractivity contribution in [3.63, 3.8) is 0 Å². The maximum Gasteiger partial charge on any atom is 0.242 e. The molecule has 0 aliphatic carbocycles. The van der Waals surface area contributed by atoms with Gasteiger partial charge in [0.25, 0.3) is 0 Å². The third kappa shape index (κ3) is 4.52. The highest BCUT2D eigenvalue weighted by atomic mass is 79.9. The summed E-state index contributed by atoms with van der Waals surface area (Å²) in [6, 6.07) is 1.36. The number of amides is 1. The molecule has 1 atom stereocenters. The largest absolute Gasteiger partial charge is 0.357 e. The highest BCUT2D eigenvalue weighted by Crippen LogP contribution is 2.23. The number of nitrogens with one attached hydrogen (secondary N) is 2. The maximum absolute atomic E-state index is 11.6. The standard InChI is InChI=1S/C11H15BrClN3O/c1-3-4-14-11(17)7(2)16-10-9(13)5-8(12)6-15-10/h5-7H,3-4H2,1-2H3,(H,14,17)(H,15,16). The van der Waals surface area contributed by atoms with Crippen molar-refractivity contribution in [2.45, 2.75) is 26.3 Å². The fourth-order valence-corrected chi connectivity index (χ4v) is 1.88. The Labute approximate surface area is 114 Å². The Morgan fingerprint density at radius 3 is 2.94 bits per heavy atom. The predicted octanol–water partition coefficient (Wildman–Crippen LogP) is 2.82. The van der Waals surface area contributed by atoms with Crippen LogP contribution in [0.15, 0.2) is 16.7 Å². The van der Waals surface area contributed by atoms with Crippen LogP contribution in [0.2, 0.25) is 5.02 Å². The molecule has 2 N–H and O–H groups in total. The first kappa shape index (κ1) is 14.3. The Kier molecular flexibility index (Phi) is 5.71. The van der Waals surface area contributed by atoms with Crippen molar-refractivity contribution in [2.75, 3.05) is 11.9 Å². The van der Waals surface area contributed by atoms with E-state index in [1.165, 1.54) is 0 Å². The van der Waals surface area contributed by atoms with Gasteiger partial charge in [0.05, 0.1) is 5.02 Å². The molecule has 1 rings (SSSR count). The van der Waals surface area contributed by atoms with Gasteiger partial charge in [-0.2, -0.15) is 0 Å². The van der Waals surface area contributed by atoms with Crippen LogP contribution in [0.25, 0.3) is 0 Å². The fourth-order valence-electron chi connectivity index (χ4n) is 1.19. The average Bonchev–Trinajstić information content (AvgIpc) is 2.29. The molecule has 0 aliphatic rings. The summed E-state index contributed by atoms with van der Waals surface area (Å²) in [6.07, 6.45) is 2.54. The molecule has 17 heavy (non-hydrogen) atoms. The van der Waals surface area contributed by atoms with E-state index in [1.54, 1.807) is 19.2 Å². The molecule has 0 saturated carbocycles. The monoisotopic (exact) mass is 319 g/mol. The average molecular weight is 321 g/mol. The number of anilines is 1. The first-order chi connectivity index (χ1) is 8.04. The van der Waals surface area contributed by atoms with Crippen molar-refractivity contribution in [2.24, 2.45) is 0 Å². The normalized spacial score (nSPS) is 12.0. The number of hydrogen-bond donors (Lipinski definition) is 2. The fraction of sp³-hybridized carbons (Fsp3) is 0.455. The van der Waals surface area contributed by atoms with E-state index in [0.29, 0.717) is 17.4 Å². The zero-order valence-electron chi connectivity index (χ0n) is 9.76. The van der Waals surface area contributed by atoms with Crippen LogP contribution in [0.1, 0.15) is 20.3 Å². The van der Waals surface area contributed by atoms with Crippen molar-refractivity contribution in [1.82, 2.24) is 10.3 Å². The lowest BCUT2D eigenvalue weighted by Gasteiger charge is -2.15. The van der Waals surface area contributed by atoms with Crippen molar-refractivity contribution < 1.29 is 4.79 Å². The van der Waals surface area contributed by atoms with Crippen LogP contribution < -0.4 is 10.6 Å². The molecule has 1 aromatic heterocycles. The van der Waals surface area contributed by atoms with Gasteiger partial charge in [-0.3, -0.25) is 4.79 Å². The van der Waals surface area contributed by atoms with Gasteiger partial charge in [-0.15, -0.1) is 0 Å². The van der Waals surface area contributed by atoms with Gasteiger partial charge < -0.3 is 10.6 Å². The number of nitrogens with zero attached hydrogens (tertiary/aromatic N) is 1. The molecule has 1 unspecified atom stereocenters. The van der Waals surface area contributed by atoms with Gasteiger partial charge in [-0.25, -0.2) is 4.98 Å². The summed E-state index contributed by atoms with van der Waals surface area (Å²) in [6.45, 7) is 4.45. The predicted molar refractivity (Wildman–Crippen MR) is 73.3 cm³/mol. The molecule has 0 fully saturated rings. The van der Waals surface area contributed by atoms with E-state index in [4.69, 9.17) is 11.6 Å². The summed E-state index contributed by atoms with van der Waals surface area (Å²) >= 11 is 9.27. The maximum atomic E-state index is 11.6. The Morgan fingerprint density at radius 2 is 2.35 bits per heavy atom. The van der Waals surface area contributed by atoms with E-state index < -0.39 is 0 Å². The van der Waals surface area contributed by atoms with Crippen LogP contribution >= 0.6 is 27.5 Å². The van der Waals surface area contributed by atoms with Crippen LogP contribution in [-0.4, -0.2) is 23.5 Å². The van der Waals surface area contributed by atoms with Crippen LogP contribution in [0.3, 0.4) is 0 Å². The summed E-state index contributed by atoms with van der Waals surface area (Å²) in [7, 11) is 0. The minimum atomic E-state index is -0.368. The Morgan fingerprint density at radius 1 is 1.65 bits per heavy atom. The molecule has 1 heterocycles. The highest BCUT2D eigenvalue weighted by Gasteiger charge is 2.13. The number of hydrogen-bond acceptors (Lipinski definition) is 3. The summed E-state index contributed by atoms with van der Waals surface area (Å²) in [5.41, 5.74) is 0. The highest BCUT2D eigenvalue weighted by molar-refractivity contribution is 9.10. The zero-order valence-corrected chi connectivity index (χ0v) is 12.1. The second kappa shape index (κ2) is 6.81. The van der Waals surface area contributed by atoms with E-state index in [2.05, 4.69) is 31.5 Å². The van der Waals surface area contributed by atoms with Gasteiger partial charge in [0.2, 0.25) is 5.91 Å². The molecule has 1 amide bonds. The van der Waals surface area contributed by atoms with Crippen LogP contribution in [0, 0.1) is 0 Å². The Balaban J connectivity index is 2.61. The minimum Gasteiger partial charge on any atom is -0.357 e. The molecule has 4 nitrogen and oxygen atoms in total. The molecule has 0 saturated heterocycles. The smallest absolute Gasteiger partial charge is 0.242 e. The number of pyridine rings is 1. The third-order valence-corrected chi connectivity index (χ3v) is 2.83. The van der Waals surface area contributed by atoms with E-state index in [1.807, 2.05) is 6.92 Å². The molecular weight excluding hydrogens is 305 g/mol. The molecule has 6 heteroatoms. The van der Waals surface area contributed by atoms with Crippen molar-refractivity contribution in [3.8, 4) is 0 Å². The number of aromatic nitrogens is 1. The summed E-state index contributed by atoms with van der Waals surface area (Å²) in [5, 5.41) is 6.25. The lowest BCUT2D eigenvalue weighted by molar-refractivity contribution is -0.121. The van der Waals surface area contributed by atoms with E-state index in [0.717, 1.165) is 10.9 Å². The van der Waals surface area contributed by atoms with Crippen molar-refractivity contribution >= 4 is 39.3 Å². The van der Waals surface area contributed by atoms with Gasteiger partial charge >= 0.3 is 0 Å².